The van der Waals surface area contributed by atoms with Crippen LogP contribution in [0.1, 0.15) is 39.4 Å². The Morgan fingerprint density at radius 3 is 2.36 bits per heavy atom. The van der Waals surface area contributed by atoms with Crippen LogP contribution in [0.5, 0.6) is 0 Å². The van der Waals surface area contributed by atoms with Gasteiger partial charge in [0.25, 0.3) is 0 Å². The molecule has 1 aromatic heterocycles. The molecule has 1 heterocycles. The first-order valence-corrected chi connectivity index (χ1v) is 8.53. The number of aromatic nitrogens is 1. The van der Waals surface area contributed by atoms with Gasteiger partial charge in [-0.2, -0.15) is 0 Å². The number of Topliss-reactive ketones (excluding diaryl/α,β-unsaturated/α-hetero) is 1. The summed E-state index contributed by atoms with van der Waals surface area (Å²) in [6.07, 6.45) is 4.66. The second-order valence-corrected chi connectivity index (χ2v) is 6.74. The molecule has 3 heteroatoms. The van der Waals surface area contributed by atoms with Gasteiger partial charge in [0.2, 0.25) is 0 Å². The van der Waals surface area contributed by atoms with Crippen molar-refractivity contribution in [3.05, 3.63) is 101 Å². The van der Waals surface area contributed by atoms with Gasteiger partial charge in [-0.05, 0) is 35.2 Å². The van der Waals surface area contributed by atoms with Crippen molar-refractivity contribution in [1.82, 2.24) is 4.98 Å². The van der Waals surface area contributed by atoms with Crippen molar-refractivity contribution < 1.29 is 4.79 Å². The SMILES string of the molecule is N[C@]1(c2ccccc2)C[C@H]1c1ccc(CC(=O)c2ccncc2)cc1. The van der Waals surface area contributed by atoms with E-state index in [9.17, 15) is 4.79 Å². The normalized spacial score (nSPS) is 21.7. The van der Waals surface area contributed by atoms with Crippen LogP contribution in [0.3, 0.4) is 0 Å². The first-order chi connectivity index (χ1) is 12.2. The number of carbonyl (C=O) groups is 1. The monoisotopic (exact) mass is 328 g/mol. The Morgan fingerprint density at radius 1 is 1.00 bits per heavy atom. The van der Waals surface area contributed by atoms with E-state index in [1.165, 1.54) is 11.1 Å². The standard InChI is InChI=1S/C22H20N2O/c23-22(19-4-2-1-3-5-19)15-20(22)17-8-6-16(7-9-17)14-21(25)18-10-12-24-13-11-18/h1-13,20H,14-15,23H2/t20-,22-/m0/s1. The number of nitrogens with two attached hydrogens (primary N) is 1. The zero-order valence-corrected chi connectivity index (χ0v) is 13.9. The van der Waals surface area contributed by atoms with Crippen LogP contribution in [0.25, 0.3) is 0 Å². The Bertz CT molecular complexity index is 875. The predicted octanol–water partition coefficient (Wildman–Crippen LogP) is 3.85. The highest BCUT2D eigenvalue weighted by atomic mass is 16.1. The summed E-state index contributed by atoms with van der Waals surface area (Å²) in [5.74, 6) is 0.457. The zero-order valence-electron chi connectivity index (χ0n) is 13.9. The van der Waals surface area contributed by atoms with Crippen molar-refractivity contribution in [2.24, 2.45) is 5.73 Å². The van der Waals surface area contributed by atoms with Gasteiger partial charge in [-0.15, -0.1) is 0 Å². The van der Waals surface area contributed by atoms with Gasteiger partial charge in [0, 0.05) is 35.8 Å². The number of nitrogens with zero attached hydrogens (tertiary/aromatic N) is 1. The zero-order chi connectivity index (χ0) is 17.3. The molecule has 2 aromatic carbocycles. The van der Waals surface area contributed by atoms with Crippen LogP contribution in [0.4, 0.5) is 0 Å². The molecule has 2 atom stereocenters. The lowest BCUT2D eigenvalue weighted by Gasteiger charge is -2.12. The molecule has 0 spiro atoms. The molecule has 0 amide bonds. The molecule has 1 aliphatic carbocycles. The largest absolute Gasteiger partial charge is 0.321 e. The van der Waals surface area contributed by atoms with E-state index in [4.69, 9.17) is 5.73 Å². The van der Waals surface area contributed by atoms with Crippen LogP contribution < -0.4 is 5.73 Å². The fourth-order valence-corrected chi connectivity index (χ4v) is 3.45. The maximum absolute atomic E-state index is 12.3. The third-order valence-electron chi connectivity index (χ3n) is 5.06. The topological polar surface area (TPSA) is 56.0 Å². The number of hydrogen-bond donors (Lipinski definition) is 1. The summed E-state index contributed by atoms with van der Waals surface area (Å²) in [4.78, 5) is 16.2. The summed E-state index contributed by atoms with van der Waals surface area (Å²) in [5.41, 5.74) is 10.5. The molecule has 124 valence electrons. The van der Waals surface area contributed by atoms with E-state index in [0.29, 0.717) is 17.9 Å². The number of hydrogen-bond acceptors (Lipinski definition) is 3. The van der Waals surface area contributed by atoms with Gasteiger partial charge in [0.15, 0.2) is 5.78 Å². The molecule has 3 nitrogen and oxygen atoms in total. The molecule has 4 rings (SSSR count). The highest BCUT2D eigenvalue weighted by molar-refractivity contribution is 5.97. The van der Waals surface area contributed by atoms with Crippen molar-refractivity contribution in [3.8, 4) is 0 Å². The van der Waals surface area contributed by atoms with Crippen molar-refractivity contribution >= 4 is 5.78 Å². The lowest BCUT2D eigenvalue weighted by Crippen LogP contribution is -2.21. The molecule has 0 aliphatic heterocycles. The molecule has 0 unspecified atom stereocenters. The van der Waals surface area contributed by atoms with Crippen LogP contribution in [0.15, 0.2) is 79.1 Å². The van der Waals surface area contributed by atoms with E-state index in [1.807, 2.05) is 30.3 Å². The van der Waals surface area contributed by atoms with Crippen LogP contribution in [0, 0.1) is 0 Å². The van der Waals surface area contributed by atoms with E-state index < -0.39 is 0 Å². The highest BCUT2D eigenvalue weighted by Gasteiger charge is 2.52. The third kappa shape index (κ3) is 3.11. The molecule has 25 heavy (non-hydrogen) atoms. The highest BCUT2D eigenvalue weighted by Crippen LogP contribution is 2.56. The number of pyridine rings is 1. The van der Waals surface area contributed by atoms with Crippen LogP contribution in [-0.4, -0.2) is 10.8 Å². The Kier molecular flexibility index (Phi) is 3.94. The molecule has 2 N–H and O–H groups in total. The summed E-state index contributed by atoms with van der Waals surface area (Å²) in [5, 5.41) is 0. The summed E-state index contributed by atoms with van der Waals surface area (Å²) >= 11 is 0. The lowest BCUT2D eigenvalue weighted by atomic mass is 9.97. The average Bonchev–Trinajstić information content (AvgIpc) is 3.37. The summed E-state index contributed by atoms with van der Waals surface area (Å²) < 4.78 is 0. The van der Waals surface area contributed by atoms with E-state index in [1.54, 1.807) is 24.5 Å². The Morgan fingerprint density at radius 2 is 1.68 bits per heavy atom. The van der Waals surface area contributed by atoms with Gasteiger partial charge in [-0.25, -0.2) is 0 Å². The molecule has 3 aromatic rings. The molecule has 0 saturated heterocycles. The van der Waals surface area contributed by atoms with E-state index >= 15 is 0 Å². The summed E-state index contributed by atoms with van der Waals surface area (Å²) in [7, 11) is 0. The van der Waals surface area contributed by atoms with Gasteiger partial charge in [-0.1, -0.05) is 54.6 Å². The molecule has 0 radical (unpaired) electrons. The van der Waals surface area contributed by atoms with Crippen LogP contribution >= 0.6 is 0 Å². The van der Waals surface area contributed by atoms with E-state index in [-0.39, 0.29) is 11.3 Å². The van der Waals surface area contributed by atoms with Gasteiger partial charge in [0.05, 0.1) is 0 Å². The number of benzene rings is 2. The maximum atomic E-state index is 12.3. The second-order valence-electron chi connectivity index (χ2n) is 6.74. The van der Waals surface area contributed by atoms with E-state index in [2.05, 4.69) is 29.2 Å². The predicted molar refractivity (Wildman–Crippen MR) is 98.4 cm³/mol. The fraction of sp³-hybridized carbons (Fsp3) is 0.182. The Labute approximate surface area is 147 Å². The third-order valence-corrected chi connectivity index (χ3v) is 5.06. The number of rotatable bonds is 5. The van der Waals surface area contributed by atoms with Crippen molar-refractivity contribution in [3.63, 3.8) is 0 Å². The van der Waals surface area contributed by atoms with Crippen molar-refractivity contribution in [1.29, 1.82) is 0 Å². The molecule has 0 bridgehead atoms. The molecular formula is C22H20N2O. The molecule has 1 fully saturated rings. The number of carbonyl (C=O) groups excluding carboxylic acids is 1. The molecule has 1 aliphatic rings. The minimum atomic E-state index is -0.254. The van der Waals surface area contributed by atoms with Crippen LogP contribution in [0.2, 0.25) is 0 Å². The summed E-state index contributed by atoms with van der Waals surface area (Å²) in [6.45, 7) is 0. The number of ketones is 1. The van der Waals surface area contributed by atoms with Crippen LogP contribution in [-0.2, 0) is 12.0 Å². The quantitative estimate of drug-likeness (QED) is 0.724. The minimum absolute atomic E-state index is 0.110. The smallest absolute Gasteiger partial charge is 0.167 e. The van der Waals surface area contributed by atoms with E-state index in [0.717, 1.165) is 12.0 Å². The van der Waals surface area contributed by atoms with Gasteiger partial charge in [0.1, 0.15) is 0 Å². The molecule has 1 saturated carbocycles. The average molecular weight is 328 g/mol. The first-order valence-electron chi connectivity index (χ1n) is 8.53. The lowest BCUT2D eigenvalue weighted by molar-refractivity contribution is 0.0993. The summed E-state index contributed by atoms with van der Waals surface area (Å²) in [6, 6.07) is 22.1. The van der Waals surface area contributed by atoms with Gasteiger partial charge >= 0.3 is 0 Å². The first kappa shape index (κ1) is 15.7. The van der Waals surface area contributed by atoms with Crippen molar-refractivity contribution in [2.45, 2.75) is 24.3 Å². The fourth-order valence-electron chi connectivity index (χ4n) is 3.45. The Hall–Kier alpha value is -2.78. The van der Waals surface area contributed by atoms with Gasteiger partial charge < -0.3 is 5.73 Å². The minimum Gasteiger partial charge on any atom is -0.321 e. The molecular weight excluding hydrogens is 308 g/mol. The van der Waals surface area contributed by atoms with Crippen molar-refractivity contribution in [2.75, 3.05) is 0 Å². The second kappa shape index (κ2) is 6.26. The Balaban J connectivity index is 1.46. The van der Waals surface area contributed by atoms with Gasteiger partial charge in [-0.3, -0.25) is 9.78 Å². The maximum Gasteiger partial charge on any atom is 0.167 e.